The van der Waals surface area contributed by atoms with Gasteiger partial charge in [-0.2, -0.15) is 0 Å². The van der Waals surface area contributed by atoms with E-state index in [1.165, 1.54) is 0 Å². The van der Waals surface area contributed by atoms with E-state index >= 15 is 0 Å². The molecule has 2 bridgehead atoms. The molecule has 1 N–H and O–H groups in total. The zero-order chi connectivity index (χ0) is 16.2. The van der Waals surface area contributed by atoms with Crippen LogP contribution in [0.4, 0.5) is 4.79 Å². The van der Waals surface area contributed by atoms with E-state index in [-0.39, 0.29) is 6.09 Å². The number of carbonyl (C=O) groups is 1. The second kappa shape index (κ2) is 7.64. The molecule has 2 rings (SSSR count). The molecule has 0 aromatic rings. The Morgan fingerprint density at radius 1 is 1.32 bits per heavy atom. The second-order valence-electron chi connectivity index (χ2n) is 7.44. The molecule has 2 fully saturated rings. The number of rotatable bonds is 7. The van der Waals surface area contributed by atoms with Crippen molar-refractivity contribution >= 4 is 6.09 Å². The highest BCUT2D eigenvalue weighted by Gasteiger charge is 2.49. The number of nitrogens with zero attached hydrogens (tertiary/aromatic N) is 1. The number of hydrogen-bond acceptors (Lipinski definition) is 4. The van der Waals surface area contributed by atoms with Gasteiger partial charge in [-0.15, -0.1) is 0 Å². The summed E-state index contributed by atoms with van der Waals surface area (Å²) in [6, 6.07) is 0.745. The predicted octanol–water partition coefficient (Wildman–Crippen LogP) is 2.79. The summed E-state index contributed by atoms with van der Waals surface area (Å²) in [4.78, 5) is 14.4. The maximum absolute atomic E-state index is 12.4. The Kier molecular flexibility index (Phi) is 6.09. The van der Waals surface area contributed by atoms with Crippen LogP contribution in [-0.2, 0) is 9.47 Å². The van der Waals surface area contributed by atoms with Crippen molar-refractivity contribution in [3.8, 4) is 0 Å². The molecule has 2 aliphatic heterocycles. The first-order valence-electron chi connectivity index (χ1n) is 8.72. The van der Waals surface area contributed by atoms with Crippen molar-refractivity contribution < 1.29 is 14.3 Å². The van der Waals surface area contributed by atoms with Crippen LogP contribution in [0.3, 0.4) is 0 Å². The minimum absolute atomic E-state index is 0.126. The van der Waals surface area contributed by atoms with Crippen molar-refractivity contribution in [2.24, 2.45) is 5.92 Å². The Bertz CT molecular complexity index is 367. The molecule has 0 aliphatic carbocycles. The standard InChI is InChI=1S/C17H32N2O3/c1-5-21-10-6-9-18-12-13-11-14-7-8-15(13)19(14)16(20)22-17(2,3)4/h13-15,18H,5-12H2,1-4H3. The molecule has 5 heteroatoms. The maximum atomic E-state index is 12.4. The first-order chi connectivity index (χ1) is 10.4. The van der Waals surface area contributed by atoms with E-state index in [0.29, 0.717) is 18.0 Å². The third-order valence-electron chi connectivity index (χ3n) is 4.52. The average molecular weight is 312 g/mol. The number of amides is 1. The number of fused-ring (bicyclic) bond motifs is 2. The molecule has 2 heterocycles. The van der Waals surface area contributed by atoms with Crippen molar-refractivity contribution in [1.82, 2.24) is 10.2 Å². The third kappa shape index (κ3) is 4.59. The molecule has 0 radical (unpaired) electrons. The van der Waals surface area contributed by atoms with Gasteiger partial charge >= 0.3 is 6.09 Å². The normalized spacial score (nSPS) is 27.5. The van der Waals surface area contributed by atoms with Gasteiger partial charge in [-0.25, -0.2) is 4.79 Å². The van der Waals surface area contributed by atoms with Gasteiger partial charge in [0, 0.05) is 25.3 Å². The Hall–Kier alpha value is -0.810. The van der Waals surface area contributed by atoms with E-state index in [4.69, 9.17) is 9.47 Å². The molecule has 3 unspecified atom stereocenters. The lowest BCUT2D eigenvalue weighted by Gasteiger charge is -2.28. The zero-order valence-corrected chi connectivity index (χ0v) is 14.6. The highest BCUT2D eigenvalue weighted by Crippen LogP contribution is 2.42. The van der Waals surface area contributed by atoms with Gasteiger partial charge in [0.1, 0.15) is 5.60 Å². The van der Waals surface area contributed by atoms with E-state index in [1.807, 2.05) is 32.6 Å². The summed E-state index contributed by atoms with van der Waals surface area (Å²) in [6.45, 7) is 11.4. The summed E-state index contributed by atoms with van der Waals surface area (Å²) in [7, 11) is 0. The lowest BCUT2D eigenvalue weighted by Crippen LogP contribution is -2.41. The smallest absolute Gasteiger partial charge is 0.410 e. The number of carbonyl (C=O) groups excluding carboxylic acids is 1. The topological polar surface area (TPSA) is 50.8 Å². The molecule has 22 heavy (non-hydrogen) atoms. The van der Waals surface area contributed by atoms with E-state index in [9.17, 15) is 4.79 Å². The Balaban J connectivity index is 1.74. The lowest BCUT2D eigenvalue weighted by molar-refractivity contribution is 0.0205. The molecular weight excluding hydrogens is 280 g/mol. The SMILES string of the molecule is CCOCCCNCC1CC2CCC1N2C(=O)OC(C)(C)C. The molecule has 2 saturated heterocycles. The fourth-order valence-electron chi connectivity index (χ4n) is 3.66. The molecule has 0 saturated carbocycles. The molecule has 3 atom stereocenters. The molecule has 0 spiro atoms. The van der Waals surface area contributed by atoms with Crippen molar-refractivity contribution in [2.45, 2.75) is 71.1 Å². The Labute approximate surface area is 134 Å². The molecule has 0 aromatic heterocycles. The van der Waals surface area contributed by atoms with Gasteiger partial charge in [0.05, 0.1) is 0 Å². The van der Waals surface area contributed by atoms with Crippen LogP contribution in [0.5, 0.6) is 0 Å². The average Bonchev–Trinajstić information content (AvgIpc) is 2.98. The minimum Gasteiger partial charge on any atom is -0.444 e. The summed E-state index contributed by atoms with van der Waals surface area (Å²) in [5, 5.41) is 3.52. The Morgan fingerprint density at radius 2 is 2.09 bits per heavy atom. The van der Waals surface area contributed by atoms with Gasteiger partial charge in [0.25, 0.3) is 0 Å². The van der Waals surface area contributed by atoms with Crippen LogP contribution in [0.2, 0.25) is 0 Å². The number of hydrogen-bond donors (Lipinski definition) is 1. The molecule has 1 amide bonds. The number of nitrogens with one attached hydrogen (secondary N) is 1. The first kappa shape index (κ1) is 17.5. The van der Waals surface area contributed by atoms with Crippen LogP contribution < -0.4 is 5.32 Å². The van der Waals surface area contributed by atoms with Gasteiger partial charge in [-0.1, -0.05) is 0 Å². The molecule has 128 valence electrons. The minimum atomic E-state index is -0.411. The van der Waals surface area contributed by atoms with Gasteiger partial charge in [-0.05, 0) is 72.4 Å². The summed E-state index contributed by atoms with van der Waals surface area (Å²) in [6.07, 6.45) is 4.28. The highest BCUT2D eigenvalue weighted by molar-refractivity contribution is 5.70. The monoisotopic (exact) mass is 312 g/mol. The van der Waals surface area contributed by atoms with Crippen molar-refractivity contribution in [3.05, 3.63) is 0 Å². The van der Waals surface area contributed by atoms with Crippen molar-refractivity contribution in [2.75, 3.05) is 26.3 Å². The van der Waals surface area contributed by atoms with Crippen LogP contribution in [0.1, 0.15) is 53.4 Å². The lowest BCUT2D eigenvalue weighted by atomic mass is 9.89. The van der Waals surface area contributed by atoms with Crippen LogP contribution in [0, 0.1) is 5.92 Å². The molecular formula is C17H32N2O3. The largest absolute Gasteiger partial charge is 0.444 e. The first-order valence-corrected chi connectivity index (χ1v) is 8.72. The maximum Gasteiger partial charge on any atom is 0.410 e. The van der Waals surface area contributed by atoms with Crippen LogP contribution in [0.15, 0.2) is 0 Å². The van der Waals surface area contributed by atoms with E-state index in [2.05, 4.69) is 5.32 Å². The summed E-state index contributed by atoms with van der Waals surface area (Å²) < 4.78 is 10.9. The van der Waals surface area contributed by atoms with Crippen molar-refractivity contribution in [3.63, 3.8) is 0 Å². The van der Waals surface area contributed by atoms with Gasteiger partial charge < -0.3 is 19.7 Å². The molecule has 2 aliphatic rings. The summed E-state index contributed by atoms with van der Waals surface area (Å²) in [5.74, 6) is 0.568. The fraction of sp³-hybridized carbons (Fsp3) is 0.941. The van der Waals surface area contributed by atoms with E-state index in [1.54, 1.807) is 0 Å². The van der Waals surface area contributed by atoms with E-state index < -0.39 is 5.60 Å². The van der Waals surface area contributed by atoms with Crippen LogP contribution >= 0.6 is 0 Å². The molecule has 0 aromatic carbocycles. The quantitative estimate of drug-likeness (QED) is 0.735. The molecule has 5 nitrogen and oxygen atoms in total. The van der Waals surface area contributed by atoms with Gasteiger partial charge in [0.15, 0.2) is 0 Å². The summed E-state index contributed by atoms with van der Waals surface area (Å²) >= 11 is 0. The van der Waals surface area contributed by atoms with Crippen molar-refractivity contribution in [1.29, 1.82) is 0 Å². The van der Waals surface area contributed by atoms with Crippen LogP contribution in [0.25, 0.3) is 0 Å². The zero-order valence-electron chi connectivity index (χ0n) is 14.6. The predicted molar refractivity (Wildman–Crippen MR) is 87.0 cm³/mol. The third-order valence-corrected chi connectivity index (χ3v) is 4.52. The number of ether oxygens (including phenoxy) is 2. The van der Waals surface area contributed by atoms with Gasteiger partial charge in [0.2, 0.25) is 0 Å². The highest BCUT2D eigenvalue weighted by atomic mass is 16.6. The second-order valence-corrected chi connectivity index (χ2v) is 7.44. The van der Waals surface area contributed by atoms with Crippen LogP contribution in [-0.4, -0.2) is 55.0 Å². The fourth-order valence-corrected chi connectivity index (χ4v) is 3.66. The summed E-state index contributed by atoms with van der Waals surface area (Å²) in [5.41, 5.74) is -0.411. The van der Waals surface area contributed by atoms with E-state index in [0.717, 1.165) is 52.0 Å². The van der Waals surface area contributed by atoms with Gasteiger partial charge in [-0.3, -0.25) is 0 Å². The Morgan fingerprint density at radius 3 is 2.77 bits per heavy atom.